The maximum absolute atomic E-state index is 5.02. The average Bonchev–Trinajstić information content (AvgIpc) is 2.49. The predicted octanol–water partition coefficient (Wildman–Crippen LogP) is 2.83. The molecule has 0 fully saturated rings. The topological polar surface area (TPSA) is 45.7 Å². The largest absolute Gasteiger partial charge is 0.383 e. The van der Waals surface area contributed by atoms with E-state index in [1.165, 1.54) is 5.56 Å². The molecule has 1 aromatic carbocycles. The van der Waals surface area contributed by atoms with Crippen LogP contribution in [0.3, 0.4) is 0 Å². The SMILES string of the molecule is CCC(CNC(=NC)NCCOC)Cc1cccc(Br)c1. The number of aliphatic imine (C=N–C) groups is 1. The van der Waals surface area contributed by atoms with Crippen LogP contribution < -0.4 is 10.6 Å². The number of hydrogen-bond acceptors (Lipinski definition) is 2. The Bertz CT molecular complexity index is 437. The number of halogens is 1. The number of nitrogens with one attached hydrogen (secondary N) is 2. The van der Waals surface area contributed by atoms with Gasteiger partial charge in [0.1, 0.15) is 0 Å². The first-order valence-electron chi connectivity index (χ1n) is 7.37. The predicted molar refractivity (Wildman–Crippen MR) is 92.9 cm³/mol. The van der Waals surface area contributed by atoms with Gasteiger partial charge in [0.15, 0.2) is 5.96 Å². The molecule has 1 rings (SSSR count). The third-order valence-electron chi connectivity index (χ3n) is 3.37. The Hall–Kier alpha value is -1.07. The highest BCUT2D eigenvalue weighted by atomic mass is 79.9. The van der Waals surface area contributed by atoms with Crippen LogP contribution in [0.1, 0.15) is 18.9 Å². The van der Waals surface area contributed by atoms with E-state index in [2.05, 4.69) is 62.7 Å². The zero-order chi connectivity index (χ0) is 15.5. The van der Waals surface area contributed by atoms with Gasteiger partial charge in [0.25, 0.3) is 0 Å². The van der Waals surface area contributed by atoms with Crippen molar-refractivity contribution in [2.24, 2.45) is 10.9 Å². The van der Waals surface area contributed by atoms with Gasteiger partial charge in [0.05, 0.1) is 6.61 Å². The minimum atomic E-state index is 0.584. The molecule has 21 heavy (non-hydrogen) atoms. The van der Waals surface area contributed by atoms with E-state index in [-0.39, 0.29) is 0 Å². The van der Waals surface area contributed by atoms with Crippen molar-refractivity contribution in [1.29, 1.82) is 0 Å². The lowest BCUT2D eigenvalue weighted by Gasteiger charge is -2.18. The molecule has 0 amide bonds. The fourth-order valence-corrected chi connectivity index (χ4v) is 2.54. The van der Waals surface area contributed by atoms with Crippen molar-refractivity contribution in [2.45, 2.75) is 19.8 Å². The summed E-state index contributed by atoms with van der Waals surface area (Å²) in [4.78, 5) is 4.22. The van der Waals surface area contributed by atoms with Crippen molar-refractivity contribution in [1.82, 2.24) is 10.6 Å². The van der Waals surface area contributed by atoms with Crippen molar-refractivity contribution < 1.29 is 4.74 Å². The lowest BCUT2D eigenvalue weighted by atomic mass is 9.97. The number of methoxy groups -OCH3 is 1. The van der Waals surface area contributed by atoms with Crippen LogP contribution in [0.25, 0.3) is 0 Å². The second-order valence-electron chi connectivity index (χ2n) is 4.98. The molecule has 0 radical (unpaired) electrons. The molecule has 0 saturated heterocycles. The highest BCUT2D eigenvalue weighted by Crippen LogP contribution is 2.16. The minimum absolute atomic E-state index is 0.584. The Morgan fingerprint density at radius 2 is 2.19 bits per heavy atom. The minimum Gasteiger partial charge on any atom is -0.383 e. The summed E-state index contributed by atoms with van der Waals surface area (Å²) in [5.74, 6) is 1.42. The van der Waals surface area contributed by atoms with Gasteiger partial charge in [0.2, 0.25) is 0 Å². The van der Waals surface area contributed by atoms with Crippen molar-refractivity contribution in [2.75, 3.05) is 33.9 Å². The summed E-state index contributed by atoms with van der Waals surface area (Å²) in [6, 6.07) is 8.52. The summed E-state index contributed by atoms with van der Waals surface area (Å²) in [6.07, 6.45) is 2.20. The molecule has 0 spiro atoms. The van der Waals surface area contributed by atoms with E-state index in [9.17, 15) is 0 Å². The molecule has 0 aliphatic rings. The molecule has 2 N–H and O–H groups in total. The molecule has 0 heterocycles. The summed E-state index contributed by atoms with van der Waals surface area (Å²) in [6.45, 7) is 4.58. The van der Waals surface area contributed by atoms with Crippen LogP contribution in [0.2, 0.25) is 0 Å². The van der Waals surface area contributed by atoms with E-state index in [1.54, 1.807) is 14.2 Å². The molecule has 118 valence electrons. The third-order valence-corrected chi connectivity index (χ3v) is 3.86. The molecule has 0 aromatic heterocycles. The summed E-state index contributed by atoms with van der Waals surface area (Å²) < 4.78 is 6.16. The second kappa shape index (κ2) is 10.6. The first kappa shape index (κ1) is 18.0. The van der Waals surface area contributed by atoms with E-state index >= 15 is 0 Å². The molecule has 0 aliphatic carbocycles. The number of nitrogens with zero attached hydrogens (tertiary/aromatic N) is 1. The Labute approximate surface area is 136 Å². The lowest BCUT2D eigenvalue weighted by Crippen LogP contribution is -2.41. The molecule has 0 saturated carbocycles. The second-order valence-corrected chi connectivity index (χ2v) is 5.90. The van der Waals surface area contributed by atoms with E-state index in [1.807, 2.05) is 0 Å². The van der Waals surface area contributed by atoms with Crippen molar-refractivity contribution >= 4 is 21.9 Å². The third kappa shape index (κ3) is 7.48. The van der Waals surface area contributed by atoms with Gasteiger partial charge in [-0.3, -0.25) is 4.99 Å². The molecule has 0 aliphatic heterocycles. The van der Waals surface area contributed by atoms with Gasteiger partial charge < -0.3 is 15.4 Å². The van der Waals surface area contributed by atoms with Gasteiger partial charge in [-0.2, -0.15) is 0 Å². The molecule has 0 bridgehead atoms. The lowest BCUT2D eigenvalue weighted by molar-refractivity contribution is 0.203. The van der Waals surface area contributed by atoms with E-state index < -0.39 is 0 Å². The quantitative estimate of drug-likeness (QED) is 0.428. The fraction of sp³-hybridized carbons (Fsp3) is 0.562. The van der Waals surface area contributed by atoms with Crippen LogP contribution in [0.4, 0.5) is 0 Å². The average molecular weight is 356 g/mol. The fourth-order valence-electron chi connectivity index (χ4n) is 2.09. The molecule has 1 aromatic rings. The Balaban J connectivity index is 2.42. The van der Waals surface area contributed by atoms with Gasteiger partial charge in [-0.05, 0) is 30.0 Å². The molecule has 1 atom stereocenters. The van der Waals surface area contributed by atoms with Gasteiger partial charge in [-0.1, -0.05) is 41.4 Å². The van der Waals surface area contributed by atoms with Crippen molar-refractivity contribution in [3.05, 3.63) is 34.3 Å². The molecule has 1 unspecified atom stereocenters. The van der Waals surface area contributed by atoms with Crippen molar-refractivity contribution in [3.63, 3.8) is 0 Å². The van der Waals surface area contributed by atoms with Crippen molar-refractivity contribution in [3.8, 4) is 0 Å². The molecular weight excluding hydrogens is 330 g/mol. The standard InChI is InChI=1S/C16H26BrN3O/c1-4-13(10-14-6-5-7-15(17)11-14)12-20-16(18-2)19-8-9-21-3/h5-7,11,13H,4,8-10,12H2,1-3H3,(H2,18,19,20). The molecular formula is C16H26BrN3O. The summed E-state index contributed by atoms with van der Waals surface area (Å²) in [5.41, 5.74) is 1.36. The van der Waals surface area contributed by atoms with Gasteiger partial charge in [0, 0.05) is 31.7 Å². The number of guanidine groups is 1. The number of hydrogen-bond donors (Lipinski definition) is 2. The van der Waals surface area contributed by atoms with E-state index in [4.69, 9.17) is 4.74 Å². The summed E-state index contributed by atoms with van der Waals surface area (Å²) in [5, 5.41) is 6.61. The zero-order valence-electron chi connectivity index (χ0n) is 13.2. The van der Waals surface area contributed by atoms with Crippen LogP contribution in [-0.4, -0.2) is 39.8 Å². The smallest absolute Gasteiger partial charge is 0.191 e. The van der Waals surface area contributed by atoms with Gasteiger partial charge >= 0.3 is 0 Å². The van der Waals surface area contributed by atoms with Crippen LogP contribution in [0.5, 0.6) is 0 Å². The summed E-state index contributed by atoms with van der Waals surface area (Å²) >= 11 is 3.53. The Morgan fingerprint density at radius 3 is 2.81 bits per heavy atom. The van der Waals surface area contributed by atoms with Crippen LogP contribution in [-0.2, 0) is 11.2 Å². The monoisotopic (exact) mass is 355 g/mol. The number of ether oxygens (including phenoxy) is 1. The van der Waals surface area contributed by atoms with E-state index in [0.717, 1.165) is 36.4 Å². The Kier molecular flexibility index (Phi) is 9.10. The maximum atomic E-state index is 5.02. The van der Waals surface area contributed by atoms with Gasteiger partial charge in [-0.25, -0.2) is 0 Å². The summed E-state index contributed by atoms with van der Waals surface area (Å²) in [7, 11) is 3.49. The molecule has 5 heteroatoms. The number of rotatable bonds is 8. The van der Waals surface area contributed by atoms with Crippen LogP contribution >= 0.6 is 15.9 Å². The number of benzene rings is 1. The van der Waals surface area contributed by atoms with Crippen LogP contribution in [0, 0.1) is 5.92 Å². The molecule has 4 nitrogen and oxygen atoms in total. The normalized spacial score (nSPS) is 13.0. The zero-order valence-corrected chi connectivity index (χ0v) is 14.7. The first-order chi connectivity index (χ1) is 10.2. The maximum Gasteiger partial charge on any atom is 0.191 e. The van der Waals surface area contributed by atoms with Crippen LogP contribution in [0.15, 0.2) is 33.7 Å². The first-order valence-corrected chi connectivity index (χ1v) is 8.16. The Morgan fingerprint density at radius 1 is 1.38 bits per heavy atom. The highest BCUT2D eigenvalue weighted by Gasteiger charge is 2.09. The van der Waals surface area contributed by atoms with E-state index in [0.29, 0.717) is 12.5 Å². The van der Waals surface area contributed by atoms with Gasteiger partial charge in [-0.15, -0.1) is 0 Å². The highest BCUT2D eigenvalue weighted by molar-refractivity contribution is 9.10.